The second-order valence-corrected chi connectivity index (χ2v) is 23.4. The van der Waals surface area contributed by atoms with Crippen LogP contribution in [0.15, 0.2) is 200 Å². The molecule has 1 aliphatic rings. The van der Waals surface area contributed by atoms with E-state index in [1.807, 2.05) is 6.20 Å². The Morgan fingerprint density at radius 3 is 1.71 bits per heavy atom. The molecule has 8 aromatic carbocycles. The Kier molecular flexibility index (Phi) is 12.6. The predicted molar refractivity (Wildman–Crippen MR) is 317 cm³/mol. The third-order valence-electron chi connectivity index (χ3n) is 16.0. The summed E-state index contributed by atoms with van der Waals surface area (Å²) in [6.45, 7) is 26.0. The van der Waals surface area contributed by atoms with Crippen LogP contribution < -0.4 is 14.5 Å². The van der Waals surface area contributed by atoms with Crippen molar-refractivity contribution in [2.75, 3.05) is 16.5 Å². The number of hydrogen-bond donors (Lipinski definition) is 0. The number of aromatic nitrogens is 2. The van der Waals surface area contributed by atoms with Gasteiger partial charge in [0.2, 0.25) is 0 Å². The molecule has 2 aromatic heterocycles. The lowest BCUT2D eigenvalue weighted by molar-refractivity contribution is 0.483. The molecule has 0 N–H and O–H groups in total. The summed E-state index contributed by atoms with van der Waals surface area (Å²) in [5.41, 5.74) is 17.7. The second-order valence-electron chi connectivity index (χ2n) is 23.4. The monoisotopic (exact) mass is 983 g/mol. The molecular formula is C70H70N4O. The van der Waals surface area contributed by atoms with Gasteiger partial charge in [0.25, 0.3) is 0 Å². The van der Waals surface area contributed by atoms with Crippen molar-refractivity contribution < 1.29 is 4.74 Å². The number of pyridine rings is 1. The highest BCUT2D eigenvalue weighted by molar-refractivity contribution is 6.09. The molecule has 11 rings (SSSR count). The number of hydrogen-bond acceptors (Lipinski definition) is 4. The maximum absolute atomic E-state index is 7.26. The van der Waals surface area contributed by atoms with Crippen LogP contribution in [0.25, 0.3) is 38.8 Å². The molecule has 10 aromatic rings. The molecule has 1 aliphatic heterocycles. The molecule has 0 atom stereocenters. The molecule has 5 nitrogen and oxygen atoms in total. The number of ether oxygens (including phenoxy) is 1. The first kappa shape index (κ1) is 49.3. The van der Waals surface area contributed by atoms with Gasteiger partial charge in [-0.15, -0.1) is 0 Å². The van der Waals surface area contributed by atoms with E-state index in [-0.39, 0.29) is 16.2 Å². The zero-order valence-corrected chi connectivity index (χ0v) is 45.6. The summed E-state index contributed by atoms with van der Waals surface area (Å²) >= 11 is 0. The lowest BCUT2D eigenvalue weighted by atomic mass is 9.78. The summed E-state index contributed by atoms with van der Waals surface area (Å²) < 4.78 is 9.56. The molecule has 5 heteroatoms. The third-order valence-corrected chi connectivity index (χ3v) is 16.0. The van der Waals surface area contributed by atoms with E-state index < -0.39 is 0 Å². The SMILES string of the molecule is CC(C)c1cccc(C(C)C)c1-c1cc(Oc2ccc3c4ccccc4n(-c4cc(C(C)(C)c5ccccc5)ccn4)c3c2)cc(N2CN(c3cccc(C(C)(C)c4ccccc4)c3)c3cc(C(C)(C)C)ccc32)c1. The van der Waals surface area contributed by atoms with E-state index in [4.69, 9.17) is 9.72 Å². The Balaban J connectivity index is 1.06. The van der Waals surface area contributed by atoms with Gasteiger partial charge in [-0.25, -0.2) is 4.98 Å². The largest absolute Gasteiger partial charge is 0.457 e. The molecule has 0 aliphatic carbocycles. The number of para-hydroxylation sites is 1. The maximum Gasteiger partial charge on any atom is 0.137 e. The van der Waals surface area contributed by atoms with Gasteiger partial charge in [-0.05, 0) is 134 Å². The molecule has 0 radical (unpaired) electrons. The van der Waals surface area contributed by atoms with Crippen LogP contribution in [0.1, 0.15) is 127 Å². The van der Waals surface area contributed by atoms with E-state index in [9.17, 15) is 0 Å². The molecule has 0 bridgehead atoms. The first-order chi connectivity index (χ1) is 36.0. The smallest absolute Gasteiger partial charge is 0.137 e. The Morgan fingerprint density at radius 2 is 1.04 bits per heavy atom. The second kappa shape index (κ2) is 19.1. The van der Waals surface area contributed by atoms with Crippen molar-refractivity contribution in [3.63, 3.8) is 0 Å². The van der Waals surface area contributed by atoms with Crippen LogP contribution in [-0.2, 0) is 16.2 Å². The molecule has 75 heavy (non-hydrogen) atoms. The highest BCUT2D eigenvalue weighted by Crippen LogP contribution is 2.50. The summed E-state index contributed by atoms with van der Waals surface area (Å²) in [6.07, 6.45) is 1.95. The van der Waals surface area contributed by atoms with E-state index >= 15 is 0 Å². The summed E-state index contributed by atoms with van der Waals surface area (Å²) in [7, 11) is 0. The zero-order chi connectivity index (χ0) is 52.4. The van der Waals surface area contributed by atoms with Crippen molar-refractivity contribution >= 4 is 44.6 Å². The normalized spacial score (nSPS) is 13.1. The summed E-state index contributed by atoms with van der Waals surface area (Å²) in [5, 5.41) is 2.32. The Labute approximate surface area is 445 Å². The predicted octanol–water partition coefficient (Wildman–Crippen LogP) is 19.1. The van der Waals surface area contributed by atoms with Gasteiger partial charge >= 0.3 is 0 Å². The number of anilines is 4. The molecule has 0 saturated heterocycles. The minimum absolute atomic E-state index is 0.0373. The minimum atomic E-state index is -0.233. The summed E-state index contributed by atoms with van der Waals surface area (Å²) in [6, 6.07) is 71.2. The molecule has 0 fully saturated rings. The summed E-state index contributed by atoms with van der Waals surface area (Å²) in [5.74, 6) is 3.03. The Morgan fingerprint density at radius 1 is 0.440 bits per heavy atom. The zero-order valence-electron chi connectivity index (χ0n) is 45.6. The van der Waals surface area contributed by atoms with Crippen molar-refractivity contribution in [3.05, 3.63) is 239 Å². The molecule has 0 amide bonds. The Bertz CT molecular complexity index is 3700. The molecular weight excluding hydrogens is 913 g/mol. The van der Waals surface area contributed by atoms with Crippen molar-refractivity contribution in [2.24, 2.45) is 0 Å². The van der Waals surface area contributed by atoms with Gasteiger partial charge in [0.05, 0.1) is 22.4 Å². The number of nitrogens with zero attached hydrogens (tertiary/aromatic N) is 4. The van der Waals surface area contributed by atoms with E-state index in [0.29, 0.717) is 18.5 Å². The average molecular weight is 983 g/mol. The van der Waals surface area contributed by atoms with Gasteiger partial charge in [0.15, 0.2) is 0 Å². The van der Waals surface area contributed by atoms with Crippen LogP contribution in [0.3, 0.4) is 0 Å². The van der Waals surface area contributed by atoms with Gasteiger partial charge in [-0.2, -0.15) is 0 Å². The number of fused-ring (bicyclic) bond motifs is 4. The van der Waals surface area contributed by atoms with Crippen LogP contribution in [0.2, 0.25) is 0 Å². The van der Waals surface area contributed by atoms with E-state index in [2.05, 4.69) is 285 Å². The molecule has 376 valence electrons. The lowest BCUT2D eigenvalue weighted by Crippen LogP contribution is -2.25. The molecule has 3 heterocycles. The average Bonchev–Trinajstić information content (AvgIpc) is 3.98. The van der Waals surface area contributed by atoms with Gasteiger partial charge in [-0.1, -0.05) is 191 Å². The van der Waals surface area contributed by atoms with Crippen LogP contribution >= 0.6 is 0 Å². The molecule has 0 unspecified atom stereocenters. The van der Waals surface area contributed by atoms with Gasteiger partial charge in [0.1, 0.15) is 24.0 Å². The van der Waals surface area contributed by atoms with E-state index in [1.54, 1.807) is 0 Å². The standard InChI is InChI=1S/C70H70N4O/c1-46(2)58-29-21-30-59(47(3)4)67(58)48-38-55(73-45-72(65-41-51(68(5,6)7)32-35-63(65)73)54-27-20-26-52(40-54)69(8,9)49-22-14-12-15-23-49)43-57(39-48)75-56-33-34-61-60-28-18-19-31-62(60)74(64(61)44-56)66-42-53(36-37-71-66)70(10,11)50-24-16-13-17-25-50/h12-44,46-47H,45H2,1-11H3. The van der Waals surface area contributed by atoms with Crippen LogP contribution in [0.4, 0.5) is 22.7 Å². The van der Waals surface area contributed by atoms with Gasteiger partial charge in [-0.3, -0.25) is 4.57 Å². The van der Waals surface area contributed by atoms with Crippen LogP contribution in [-0.4, -0.2) is 16.2 Å². The first-order valence-corrected chi connectivity index (χ1v) is 26.8. The Hall–Kier alpha value is -7.89. The number of benzene rings is 8. The highest BCUT2D eigenvalue weighted by atomic mass is 16.5. The van der Waals surface area contributed by atoms with Gasteiger partial charge in [0, 0.05) is 51.3 Å². The fourth-order valence-corrected chi connectivity index (χ4v) is 11.4. The van der Waals surface area contributed by atoms with Crippen LogP contribution in [0.5, 0.6) is 11.5 Å². The quantitative estimate of drug-likeness (QED) is 0.122. The maximum atomic E-state index is 7.26. The fraction of sp³-hybridized carbons (Fsp3) is 0.243. The summed E-state index contributed by atoms with van der Waals surface area (Å²) in [4.78, 5) is 10.0. The van der Waals surface area contributed by atoms with Crippen molar-refractivity contribution in [3.8, 4) is 28.4 Å². The topological polar surface area (TPSA) is 33.5 Å². The first-order valence-electron chi connectivity index (χ1n) is 26.8. The highest BCUT2D eigenvalue weighted by Gasteiger charge is 2.33. The van der Waals surface area contributed by atoms with Crippen molar-refractivity contribution in [2.45, 2.75) is 104 Å². The molecule has 0 spiro atoms. The third kappa shape index (κ3) is 9.07. The lowest BCUT2D eigenvalue weighted by Gasteiger charge is -2.29. The minimum Gasteiger partial charge on any atom is -0.457 e. The van der Waals surface area contributed by atoms with Crippen molar-refractivity contribution in [1.29, 1.82) is 0 Å². The van der Waals surface area contributed by atoms with Crippen molar-refractivity contribution in [1.82, 2.24) is 9.55 Å². The van der Waals surface area contributed by atoms with E-state index in [1.165, 1.54) is 61.3 Å². The van der Waals surface area contributed by atoms with E-state index in [0.717, 1.165) is 50.7 Å². The fourth-order valence-electron chi connectivity index (χ4n) is 11.4. The number of rotatable bonds is 12. The molecule has 0 saturated carbocycles. The van der Waals surface area contributed by atoms with Crippen LogP contribution in [0, 0.1) is 0 Å². The van der Waals surface area contributed by atoms with Gasteiger partial charge < -0.3 is 14.5 Å².